The predicted molar refractivity (Wildman–Crippen MR) is 93.2 cm³/mol. The lowest BCUT2D eigenvalue weighted by atomic mass is 10.1. The van der Waals surface area contributed by atoms with E-state index in [1.165, 1.54) is 0 Å². The maximum absolute atomic E-state index is 11.5. The molecule has 6 nitrogen and oxygen atoms in total. The molecule has 0 unspecified atom stereocenters. The standard InChI is InChI=1S/C19H19N3O3/c20-19(25)10-18-17(9-13-3-1-5-15(23)7-13)21-12-22(18)11-14-4-2-6-16(24)8-14/h1-8,12,23-24H,9-11H2,(H2,20,25). The number of phenolic OH excluding ortho intramolecular Hbond substituents is 2. The topological polar surface area (TPSA) is 101 Å². The van der Waals surface area contributed by atoms with Crippen molar-refractivity contribution in [1.82, 2.24) is 9.55 Å². The Balaban J connectivity index is 1.91. The number of primary amides is 1. The highest BCUT2D eigenvalue weighted by molar-refractivity contribution is 5.76. The lowest BCUT2D eigenvalue weighted by Gasteiger charge is -2.10. The third-order valence-corrected chi connectivity index (χ3v) is 3.92. The predicted octanol–water partition coefficient (Wildman–Crippen LogP) is 1.96. The van der Waals surface area contributed by atoms with Crippen molar-refractivity contribution in [2.24, 2.45) is 5.73 Å². The van der Waals surface area contributed by atoms with Gasteiger partial charge in [0, 0.05) is 13.0 Å². The van der Waals surface area contributed by atoms with Gasteiger partial charge in [0.25, 0.3) is 0 Å². The van der Waals surface area contributed by atoms with Gasteiger partial charge in [0.05, 0.1) is 24.1 Å². The minimum atomic E-state index is -0.435. The van der Waals surface area contributed by atoms with Gasteiger partial charge >= 0.3 is 0 Å². The van der Waals surface area contributed by atoms with Gasteiger partial charge in [-0.25, -0.2) is 4.98 Å². The first-order chi connectivity index (χ1) is 12.0. The monoisotopic (exact) mass is 337 g/mol. The summed E-state index contributed by atoms with van der Waals surface area (Å²) in [5.74, 6) is -0.0583. The SMILES string of the molecule is NC(=O)Cc1c(Cc2cccc(O)c2)ncn1Cc1cccc(O)c1. The first kappa shape index (κ1) is 16.6. The number of aromatic hydroxyl groups is 2. The number of phenols is 2. The summed E-state index contributed by atoms with van der Waals surface area (Å²) in [6.45, 7) is 0.476. The van der Waals surface area contributed by atoms with Crippen LogP contribution >= 0.6 is 0 Å². The zero-order valence-corrected chi connectivity index (χ0v) is 13.6. The third kappa shape index (κ3) is 4.17. The molecule has 0 aliphatic rings. The van der Waals surface area contributed by atoms with Crippen LogP contribution in [0.2, 0.25) is 0 Å². The molecule has 0 bridgehead atoms. The van der Waals surface area contributed by atoms with Crippen LogP contribution < -0.4 is 5.73 Å². The summed E-state index contributed by atoms with van der Waals surface area (Å²) in [7, 11) is 0. The lowest BCUT2D eigenvalue weighted by Crippen LogP contribution is -2.18. The summed E-state index contributed by atoms with van der Waals surface area (Å²) in [5, 5.41) is 19.2. The van der Waals surface area contributed by atoms with Crippen LogP contribution in [-0.4, -0.2) is 25.7 Å². The van der Waals surface area contributed by atoms with Crippen molar-refractivity contribution in [2.45, 2.75) is 19.4 Å². The first-order valence-electron chi connectivity index (χ1n) is 7.88. The Labute approximate surface area is 145 Å². The molecule has 2 aromatic carbocycles. The van der Waals surface area contributed by atoms with Gasteiger partial charge in [-0.15, -0.1) is 0 Å². The van der Waals surface area contributed by atoms with Crippen LogP contribution in [0.3, 0.4) is 0 Å². The number of hydrogen-bond acceptors (Lipinski definition) is 4. The Kier molecular flexibility index (Phi) is 4.70. The Morgan fingerprint density at radius 2 is 1.68 bits per heavy atom. The highest BCUT2D eigenvalue weighted by atomic mass is 16.3. The number of nitrogens with zero attached hydrogens (tertiary/aromatic N) is 2. The second kappa shape index (κ2) is 7.09. The smallest absolute Gasteiger partial charge is 0.223 e. The third-order valence-electron chi connectivity index (χ3n) is 3.92. The molecule has 0 aliphatic heterocycles. The fourth-order valence-corrected chi connectivity index (χ4v) is 2.81. The van der Waals surface area contributed by atoms with E-state index >= 15 is 0 Å². The van der Waals surface area contributed by atoms with Gasteiger partial charge in [0.2, 0.25) is 5.91 Å². The van der Waals surface area contributed by atoms with Crippen LogP contribution in [0.4, 0.5) is 0 Å². The second-order valence-electron chi connectivity index (χ2n) is 5.93. The van der Waals surface area contributed by atoms with Crippen LogP contribution in [0.1, 0.15) is 22.5 Å². The van der Waals surface area contributed by atoms with E-state index < -0.39 is 5.91 Å². The molecule has 0 saturated carbocycles. The second-order valence-corrected chi connectivity index (χ2v) is 5.93. The largest absolute Gasteiger partial charge is 0.508 e. The molecule has 6 heteroatoms. The van der Waals surface area contributed by atoms with Crippen LogP contribution in [-0.2, 0) is 24.2 Å². The van der Waals surface area contributed by atoms with Crippen LogP contribution in [0.5, 0.6) is 11.5 Å². The van der Waals surface area contributed by atoms with E-state index in [0.29, 0.717) is 13.0 Å². The highest BCUT2D eigenvalue weighted by Crippen LogP contribution is 2.19. The average molecular weight is 337 g/mol. The van der Waals surface area contributed by atoms with Gasteiger partial charge in [-0.2, -0.15) is 0 Å². The highest BCUT2D eigenvalue weighted by Gasteiger charge is 2.14. The molecule has 0 spiro atoms. The van der Waals surface area contributed by atoms with E-state index in [-0.39, 0.29) is 17.9 Å². The van der Waals surface area contributed by atoms with E-state index in [2.05, 4.69) is 4.98 Å². The van der Waals surface area contributed by atoms with Gasteiger partial charge in [-0.05, 0) is 35.4 Å². The van der Waals surface area contributed by atoms with Crippen molar-refractivity contribution < 1.29 is 15.0 Å². The Hall–Kier alpha value is -3.28. The summed E-state index contributed by atoms with van der Waals surface area (Å²) >= 11 is 0. The van der Waals surface area contributed by atoms with E-state index in [0.717, 1.165) is 22.5 Å². The Morgan fingerprint density at radius 3 is 2.32 bits per heavy atom. The van der Waals surface area contributed by atoms with E-state index in [1.54, 1.807) is 42.7 Å². The molecule has 25 heavy (non-hydrogen) atoms. The molecule has 128 valence electrons. The van der Waals surface area contributed by atoms with Crippen molar-refractivity contribution >= 4 is 5.91 Å². The average Bonchev–Trinajstić information content (AvgIpc) is 2.89. The van der Waals surface area contributed by atoms with Gasteiger partial charge < -0.3 is 20.5 Å². The summed E-state index contributed by atoms with van der Waals surface area (Å²) < 4.78 is 1.86. The summed E-state index contributed by atoms with van der Waals surface area (Å²) in [6.07, 6.45) is 2.23. The van der Waals surface area contributed by atoms with Gasteiger partial charge in [0.1, 0.15) is 11.5 Å². The molecule has 0 aliphatic carbocycles. The number of aromatic nitrogens is 2. The molecular formula is C19H19N3O3. The number of nitrogens with two attached hydrogens (primary N) is 1. The number of benzene rings is 2. The van der Waals surface area contributed by atoms with Crippen molar-refractivity contribution in [2.75, 3.05) is 0 Å². The zero-order chi connectivity index (χ0) is 17.8. The number of rotatable bonds is 6. The maximum atomic E-state index is 11.5. The minimum absolute atomic E-state index is 0.0764. The number of carbonyl (C=O) groups excluding carboxylic acids is 1. The van der Waals surface area contributed by atoms with Gasteiger partial charge in [-0.3, -0.25) is 4.79 Å². The van der Waals surface area contributed by atoms with E-state index in [9.17, 15) is 15.0 Å². The minimum Gasteiger partial charge on any atom is -0.508 e. The molecule has 1 heterocycles. The quantitative estimate of drug-likeness (QED) is 0.640. The molecule has 1 aromatic heterocycles. The summed E-state index contributed by atoms with van der Waals surface area (Å²) in [4.78, 5) is 15.9. The Morgan fingerprint density at radius 1 is 1.04 bits per heavy atom. The first-order valence-corrected chi connectivity index (χ1v) is 7.88. The summed E-state index contributed by atoms with van der Waals surface area (Å²) in [5.41, 5.74) is 8.66. The van der Waals surface area contributed by atoms with E-state index in [4.69, 9.17) is 5.73 Å². The molecular weight excluding hydrogens is 318 g/mol. The van der Waals surface area contributed by atoms with Crippen LogP contribution in [0, 0.1) is 0 Å². The molecule has 3 aromatic rings. The van der Waals surface area contributed by atoms with Crippen LogP contribution in [0.25, 0.3) is 0 Å². The van der Waals surface area contributed by atoms with Gasteiger partial charge in [-0.1, -0.05) is 24.3 Å². The fraction of sp³-hybridized carbons (Fsp3) is 0.158. The number of carbonyl (C=O) groups is 1. The van der Waals surface area contributed by atoms with Crippen LogP contribution in [0.15, 0.2) is 54.9 Å². The normalized spacial score (nSPS) is 10.7. The number of amides is 1. The Bertz CT molecular complexity index is 837. The molecule has 4 N–H and O–H groups in total. The van der Waals surface area contributed by atoms with Gasteiger partial charge in [0.15, 0.2) is 0 Å². The zero-order valence-electron chi connectivity index (χ0n) is 13.6. The van der Waals surface area contributed by atoms with Crippen molar-refractivity contribution in [1.29, 1.82) is 0 Å². The number of hydrogen-bond donors (Lipinski definition) is 3. The molecule has 0 fully saturated rings. The molecule has 0 saturated heterocycles. The molecule has 0 atom stereocenters. The summed E-state index contributed by atoms with van der Waals surface area (Å²) in [6, 6.07) is 13.9. The number of imidazole rings is 1. The van der Waals surface area contributed by atoms with E-state index in [1.807, 2.05) is 16.7 Å². The molecule has 0 radical (unpaired) electrons. The molecule has 1 amide bonds. The molecule has 3 rings (SSSR count). The van der Waals surface area contributed by atoms with Crippen molar-refractivity contribution in [3.8, 4) is 11.5 Å². The van der Waals surface area contributed by atoms with Crippen molar-refractivity contribution in [3.63, 3.8) is 0 Å². The van der Waals surface area contributed by atoms with Crippen molar-refractivity contribution in [3.05, 3.63) is 77.4 Å². The fourth-order valence-electron chi connectivity index (χ4n) is 2.81. The lowest BCUT2D eigenvalue weighted by molar-refractivity contribution is -0.117. The maximum Gasteiger partial charge on any atom is 0.223 e.